The molecule has 2 heterocycles. The number of nitrogen functional groups attached to an aromatic ring is 1. The fourth-order valence-electron chi connectivity index (χ4n) is 2.67. The molecular weight excluding hydrogens is 297 g/mol. The van der Waals surface area contributed by atoms with Crippen LogP contribution in [0.4, 0.5) is 11.6 Å². The van der Waals surface area contributed by atoms with Gasteiger partial charge in [0.1, 0.15) is 11.6 Å². The summed E-state index contributed by atoms with van der Waals surface area (Å²) in [5.74, 6) is 0.893. The summed E-state index contributed by atoms with van der Waals surface area (Å²) in [4.78, 5) is 4.23. The maximum absolute atomic E-state index is 6.16. The molecule has 0 spiro atoms. The van der Waals surface area contributed by atoms with Crippen LogP contribution in [0.5, 0.6) is 0 Å². The second-order valence-electron chi connectivity index (χ2n) is 5.26. The third-order valence-electron chi connectivity index (χ3n) is 4.08. The van der Waals surface area contributed by atoms with Gasteiger partial charge in [-0.15, -0.1) is 0 Å². The largest absolute Gasteiger partial charge is 0.382 e. The van der Waals surface area contributed by atoms with Crippen LogP contribution in [0, 0.1) is 0 Å². The molecule has 112 valence electrons. The summed E-state index contributed by atoms with van der Waals surface area (Å²) in [6, 6.07) is 1.91. The molecule has 0 radical (unpaired) electrons. The molecule has 1 fully saturated rings. The van der Waals surface area contributed by atoms with Crippen molar-refractivity contribution in [1.82, 2.24) is 4.98 Å². The molecule has 0 saturated carbocycles. The number of anilines is 2. The van der Waals surface area contributed by atoms with Gasteiger partial charge in [-0.05, 0) is 31.7 Å². The van der Waals surface area contributed by atoms with Gasteiger partial charge in [0.15, 0.2) is 0 Å². The molecule has 1 aliphatic rings. The van der Waals surface area contributed by atoms with E-state index in [1.807, 2.05) is 0 Å². The molecule has 1 atom stereocenters. The van der Waals surface area contributed by atoms with Crippen molar-refractivity contribution in [2.45, 2.75) is 51.2 Å². The predicted octanol–water partition coefficient (Wildman–Crippen LogP) is 4.12. The van der Waals surface area contributed by atoms with E-state index in [-0.39, 0.29) is 11.6 Å². The highest BCUT2D eigenvalue weighted by atomic mass is 35.5. The minimum atomic E-state index is -0.0413. The number of nitrogens with one attached hydrogen (secondary N) is 1. The number of hydrogen-bond acceptors (Lipinski definition) is 4. The summed E-state index contributed by atoms with van der Waals surface area (Å²) < 4.78 is 5.97. The molecule has 20 heavy (non-hydrogen) atoms. The average molecular weight is 318 g/mol. The van der Waals surface area contributed by atoms with Gasteiger partial charge in [-0.3, -0.25) is 0 Å². The lowest BCUT2D eigenvalue weighted by molar-refractivity contribution is -0.0864. The molecule has 4 nitrogen and oxygen atoms in total. The number of ether oxygens (including phenoxy) is 1. The van der Waals surface area contributed by atoms with Gasteiger partial charge in [-0.25, -0.2) is 4.98 Å². The summed E-state index contributed by atoms with van der Waals surface area (Å²) >= 11 is 12.1. The van der Waals surface area contributed by atoms with E-state index < -0.39 is 0 Å². The number of halogens is 2. The molecular formula is C14H21Cl2N3O. The Labute approximate surface area is 130 Å². The van der Waals surface area contributed by atoms with Crippen molar-refractivity contribution in [3.63, 3.8) is 0 Å². The third-order valence-corrected chi connectivity index (χ3v) is 4.67. The number of nitrogens with two attached hydrogens (primary N) is 1. The molecule has 0 aromatic carbocycles. The zero-order valence-corrected chi connectivity index (χ0v) is 13.4. The van der Waals surface area contributed by atoms with E-state index in [0.29, 0.717) is 21.7 Å². The molecule has 6 heteroatoms. The van der Waals surface area contributed by atoms with Crippen LogP contribution in [0.25, 0.3) is 0 Å². The molecule has 0 amide bonds. The minimum absolute atomic E-state index is 0.0413. The van der Waals surface area contributed by atoms with Crippen molar-refractivity contribution in [2.24, 2.45) is 0 Å². The summed E-state index contributed by atoms with van der Waals surface area (Å²) in [7, 11) is 0. The van der Waals surface area contributed by atoms with Gasteiger partial charge in [0, 0.05) is 12.6 Å². The monoisotopic (exact) mass is 317 g/mol. The molecule has 1 saturated heterocycles. The third kappa shape index (κ3) is 3.30. The van der Waals surface area contributed by atoms with E-state index in [9.17, 15) is 0 Å². The van der Waals surface area contributed by atoms with Gasteiger partial charge in [0.05, 0.1) is 15.6 Å². The van der Waals surface area contributed by atoms with Crippen LogP contribution in [0.2, 0.25) is 10.0 Å². The number of pyridine rings is 1. The van der Waals surface area contributed by atoms with Crippen LogP contribution >= 0.6 is 23.2 Å². The molecule has 3 N–H and O–H groups in total. The lowest BCUT2D eigenvalue weighted by atomic mass is 9.86. The van der Waals surface area contributed by atoms with Gasteiger partial charge >= 0.3 is 0 Å². The Bertz CT molecular complexity index is 478. The smallest absolute Gasteiger partial charge is 0.147 e. The first-order valence-electron chi connectivity index (χ1n) is 7.01. The molecule has 1 aromatic rings. The van der Waals surface area contributed by atoms with Crippen molar-refractivity contribution in [3.8, 4) is 0 Å². The molecule has 2 rings (SSSR count). The SMILES string of the molecule is CCC1(CC)CC(Nc2nc(N)c(Cl)cc2Cl)CCO1. The Morgan fingerprint density at radius 3 is 2.75 bits per heavy atom. The zero-order chi connectivity index (χ0) is 14.8. The zero-order valence-electron chi connectivity index (χ0n) is 11.9. The fraction of sp³-hybridized carbons (Fsp3) is 0.643. The maximum atomic E-state index is 6.16. The van der Waals surface area contributed by atoms with Gasteiger partial charge in [-0.2, -0.15) is 0 Å². The van der Waals surface area contributed by atoms with Crippen LogP contribution < -0.4 is 11.1 Å². The first kappa shape index (κ1) is 15.7. The average Bonchev–Trinajstić information content (AvgIpc) is 2.45. The van der Waals surface area contributed by atoms with Crippen molar-refractivity contribution in [2.75, 3.05) is 17.7 Å². The lowest BCUT2D eigenvalue weighted by Gasteiger charge is -2.40. The second kappa shape index (κ2) is 6.37. The van der Waals surface area contributed by atoms with E-state index in [1.165, 1.54) is 0 Å². The number of rotatable bonds is 4. The van der Waals surface area contributed by atoms with Crippen LogP contribution in [-0.2, 0) is 4.74 Å². The Morgan fingerprint density at radius 2 is 2.10 bits per heavy atom. The van der Waals surface area contributed by atoms with Gasteiger partial charge in [0.25, 0.3) is 0 Å². The van der Waals surface area contributed by atoms with E-state index in [0.717, 1.165) is 32.3 Å². The van der Waals surface area contributed by atoms with Gasteiger partial charge < -0.3 is 15.8 Å². The molecule has 1 aliphatic heterocycles. The quantitative estimate of drug-likeness (QED) is 0.876. The van der Waals surface area contributed by atoms with Crippen molar-refractivity contribution in [3.05, 3.63) is 16.1 Å². The molecule has 1 unspecified atom stereocenters. The summed E-state index contributed by atoms with van der Waals surface area (Å²) in [6.07, 6.45) is 3.89. The lowest BCUT2D eigenvalue weighted by Crippen LogP contribution is -2.43. The number of nitrogens with zero attached hydrogens (tertiary/aromatic N) is 1. The Balaban J connectivity index is 2.12. The van der Waals surface area contributed by atoms with E-state index >= 15 is 0 Å². The molecule has 1 aromatic heterocycles. The fourth-order valence-corrected chi connectivity index (χ4v) is 3.08. The summed E-state index contributed by atoms with van der Waals surface area (Å²) in [5, 5.41) is 4.25. The first-order chi connectivity index (χ1) is 9.49. The van der Waals surface area contributed by atoms with Gasteiger partial charge in [0.2, 0.25) is 0 Å². The highest BCUT2D eigenvalue weighted by molar-refractivity contribution is 6.37. The van der Waals surface area contributed by atoms with E-state index in [1.54, 1.807) is 6.07 Å². The second-order valence-corrected chi connectivity index (χ2v) is 6.07. The van der Waals surface area contributed by atoms with Crippen molar-refractivity contribution in [1.29, 1.82) is 0 Å². The van der Waals surface area contributed by atoms with Crippen LogP contribution in [0.1, 0.15) is 39.5 Å². The molecule has 0 aliphatic carbocycles. The van der Waals surface area contributed by atoms with Gasteiger partial charge in [-0.1, -0.05) is 37.0 Å². The van der Waals surface area contributed by atoms with Crippen LogP contribution in [-0.4, -0.2) is 23.2 Å². The van der Waals surface area contributed by atoms with E-state index in [2.05, 4.69) is 24.1 Å². The highest BCUT2D eigenvalue weighted by Crippen LogP contribution is 2.34. The van der Waals surface area contributed by atoms with Crippen LogP contribution in [0.15, 0.2) is 6.07 Å². The maximum Gasteiger partial charge on any atom is 0.147 e. The Hall–Kier alpha value is -0.710. The first-order valence-corrected chi connectivity index (χ1v) is 7.77. The summed E-state index contributed by atoms with van der Waals surface area (Å²) in [5.41, 5.74) is 5.69. The van der Waals surface area contributed by atoms with Crippen molar-refractivity contribution < 1.29 is 4.74 Å². The highest BCUT2D eigenvalue weighted by Gasteiger charge is 2.34. The predicted molar refractivity (Wildman–Crippen MR) is 84.6 cm³/mol. The van der Waals surface area contributed by atoms with E-state index in [4.69, 9.17) is 33.7 Å². The normalized spacial score (nSPS) is 21.7. The number of hydrogen-bond donors (Lipinski definition) is 2. The molecule has 0 bridgehead atoms. The Kier molecular flexibility index (Phi) is 4.99. The summed E-state index contributed by atoms with van der Waals surface area (Å²) in [6.45, 7) is 5.08. The van der Waals surface area contributed by atoms with Crippen molar-refractivity contribution >= 4 is 34.8 Å². The topological polar surface area (TPSA) is 60.2 Å². The number of aromatic nitrogens is 1. The van der Waals surface area contributed by atoms with Crippen LogP contribution in [0.3, 0.4) is 0 Å². The minimum Gasteiger partial charge on any atom is -0.382 e. The Morgan fingerprint density at radius 1 is 1.40 bits per heavy atom. The standard InChI is InChI=1S/C14H21Cl2N3O/c1-3-14(4-2)8-9(5-6-20-14)18-13-11(16)7-10(15)12(17)19-13/h7,9H,3-6,8H2,1-2H3,(H3,17,18,19).